The van der Waals surface area contributed by atoms with Crippen molar-refractivity contribution >= 4 is 23.5 Å². The molecule has 4 amide bonds. The molecule has 3 rings (SSSR count). The fourth-order valence-electron chi connectivity index (χ4n) is 3.64. The van der Waals surface area contributed by atoms with Crippen LogP contribution < -0.4 is 16.0 Å². The number of nitrogens with zero attached hydrogens (tertiary/aromatic N) is 2. The van der Waals surface area contributed by atoms with Gasteiger partial charge >= 0.3 is 6.03 Å². The molecule has 0 spiro atoms. The number of benzene rings is 2. The smallest absolute Gasteiger partial charge is 0.325 e. The van der Waals surface area contributed by atoms with Crippen LogP contribution in [0.3, 0.4) is 0 Å². The fourth-order valence-corrected chi connectivity index (χ4v) is 3.64. The SMILES string of the molecule is Cc1ccc(NC(=O)NC(=O)CN2CCN(CC(=O)NCc3ccccc3)CC2)c(C)c1. The van der Waals surface area contributed by atoms with Crippen LogP contribution in [0.15, 0.2) is 48.5 Å². The van der Waals surface area contributed by atoms with Crippen molar-refractivity contribution in [3.8, 4) is 0 Å². The highest BCUT2D eigenvalue weighted by molar-refractivity contribution is 6.02. The Morgan fingerprint density at radius 2 is 1.47 bits per heavy atom. The van der Waals surface area contributed by atoms with Gasteiger partial charge in [0, 0.05) is 38.4 Å². The highest BCUT2D eigenvalue weighted by atomic mass is 16.2. The molecule has 0 unspecified atom stereocenters. The molecule has 1 aliphatic heterocycles. The quantitative estimate of drug-likeness (QED) is 0.615. The molecule has 1 fully saturated rings. The molecule has 0 bridgehead atoms. The summed E-state index contributed by atoms with van der Waals surface area (Å²) in [5.41, 5.74) is 3.80. The molecular formula is C24H31N5O3. The standard InChI is InChI=1S/C24H31N5O3/c1-18-8-9-21(19(2)14-18)26-24(32)27-23(31)17-29-12-10-28(11-13-29)16-22(30)25-15-20-6-4-3-5-7-20/h3-9,14H,10-13,15-17H2,1-2H3,(H,25,30)(H2,26,27,31,32). The lowest BCUT2D eigenvalue weighted by Crippen LogP contribution is -2.52. The Balaban J connectivity index is 1.33. The Kier molecular flexibility index (Phi) is 8.35. The highest BCUT2D eigenvalue weighted by Crippen LogP contribution is 2.15. The average Bonchev–Trinajstić information content (AvgIpc) is 2.76. The largest absolute Gasteiger partial charge is 0.351 e. The van der Waals surface area contributed by atoms with Gasteiger partial charge in [-0.05, 0) is 31.0 Å². The summed E-state index contributed by atoms with van der Waals surface area (Å²) in [7, 11) is 0. The van der Waals surface area contributed by atoms with Gasteiger partial charge in [-0.3, -0.25) is 24.7 Å². The average molecular weight is 438 g/mol. The maximum absolute atomic E-state index is 12.2. The summed E-state index contributed by atoms with van der Waals surface area (Å²) in [4.78, 5) is 40.6. The number of hydrogen-bond acceptors (Lipinski definition) is 5. The van der Waals surface area contributed by atoms with Gasteiger partial charge in [-0.25, -0.2) is 4.79 Å². The van der Waals surface area contributed by atoms with Crippen LogP contribution in [0.4, 0.5) is 10.5 Å². The number of piperazine rings is 1. The molecule has 2 aromatic carbocycles. The molecule has 0 atom stereocenters. The van der Waals surface area contributed by atoms with Crippen molar-refractivity contribution in [2.75, 3.05) is 44.6 Å². The molecule has 1 saturated heterocycles. The van der Waals surface area contributed by atoms with E-state index < -0.39 is 6.03 Å². The van der Waals surface area contributed by atoms with E-state index in [1.807, 2.05) is 67.3 Å². The van der Waals surface area contributed by atoms with E-state index in [-0.39, 0.29) is 18.4 Å². The first-order chi connectivity index (χ1) is 15.4. The lowest BCUT2D eigenvalue weighted by Gasteiger charge is -2.33. The zero-order valence-electron chi connectivity index (χ0n) is 18.7. The van der Waals surface area contributed by atoms with Crippen LogP contribution in [0.2, 0.25) is 0 Å². The van der Waals surface area contributed by atoms with Gasteiger partial charge in [-0.1, -0.05) is 48.0 Å². The van der Waals surface area contributed by atoms with E-state index in [1.165, 1.54) is 0 Å². The molecule has 170 valence electrons. The number of imide groups is 1. The lowest BCUT2D eigenvalue weighted by atomic mass is 10.1. The molecule has 0 aromatic heterocycles. The highest BCUT2D eigenvalue weighted by Gasteiger charge is 2.21. The first-order valence-corrected chi connectivity index (χ1v) is 10.8. The van der Waals surface area contributed by atoms with Crippen molar-refractivity contribution in [3.05, 3.63) is 65.2 Å². The molecule has 8 heteroatoms. The summed E-state index contributed by atoms with van der Waals surface area (Å²) in [5.74, 6) is -0.357. The third-order valence-electron chi connectivity index (χ3n) is 5.41. The van der Waals surface area contributed by atoms with Crippen LogP contribution in [-0.4, -0.2) is 66.9 Å². The number of carbonyl (C=O) groups is 3. The summed E-state index contributed by atoms with van der Waals surface area (Å²) in [6.07, 6.45) is 0. The predicted molar refractivity (Wildman–Crippen MR) is 124 cm³/mol. The van der Waals surface area contributed by atoms with E-state index in [0.717, 1.165) is 16.7 Å². The first kappa shape index (κ1) is 23.4. The Bertz CT molecular complexity index is 940. The minimum Gasteiger partial charge on any atom is -0.351 e. The van der Waals surface area contributed by atoms with Gasteiger partial charge in [0.25, 0.3) is 0 Å². The van der Waals surface area contributed by atoms with Gasteiger partial charge in [0.2, 0.25) is 11.8 Å². The lowest BCUT2D eigenvalue weighted by molar-refractivity contribution is -0.124. The predicted octanol–water partition coefficient (Wildman–Crippen LogP) is 1.89. The van der Waals surface area contributed by atoms with Gasteiger partial charge in [0.1, 0.15) is 0 Å². The van der Waals surface area contributed by atoms with E-state index in [0.29, 0.717) is 45.0 Å². The summed E-state index contributed by atoms with van der Waals surface area (Å²) in [6.45, 7) is 7.62. The van der Waals surface area contributed by atoms with E-state index >= 15 is 0 Å². The van der Waals surface area contributed by atoms with Crippen LogP contribution in [0.5, 0.6) is 0 Å². The molecule has 1 aliphatic rings. The van der Waals surface area contributed by atoms with Gasteiger partial charge < -0.3 is 10.6 Å². The van der Waals surface area contributed by atoms with Gasteiger partial charge in [0.15, 0.2) is 0 Å². The normalized spacial score (nSPS) is 14.6. The number of rotatable bonds is 7. The van der Waals surface area contributed by atoms with E-state index in [4.69, 9.17) is 0 Å². The topological polar surface area (TPSA) is 93.8 Å². The second-order valence-electron chi connectivity index (χ2n) is 8.14. The van der Waals surface area contributed by atoms with Crippen molar-refractivity contribution in [2.24, 2.45) is 0 Å². The minimum absolute atomic E-state index is 0.0110. The van der Waals surface area contributed by atoms with Crippen LogP contribution in [0, 0.1) is 13.8 Å². The second-order valence-corrected chi connectivity index (χ2v) is 8.14. The Hall–Kier alpha value is -3.23. The summed E-state index contributed by atoms with van der Waals surface area (Å²) in [5, 5.41) is 8.04. The number of aryl methyl sites for hydroxylation is 2. The maximum Gasteiger partial charge on any atom is 0.325 e. The zero-order valence-corrected chi connectivity index (χ0v) is 18.7. The molecule has 1 heterocycles. The minimum atomic E-state index is -0.532. The van der Waals surface area contributed by atoms with Crippen LogP contribution in [-0.2, 0) is 16.1 Å². The van der Waals surface area contributed by atoms with Gasteiger partial charge in [-0.2, -0.15) is 0 Å². The van der Waals surface area contributed by atoms with Crippen molar-refractivity contribution in [2.45, 2.75) is 20.4 Å². The van der Waals surface area contributed by atoms with E-state index in [2.05, 4.69) is 20.9 Å². The first-order valence-electron chi connectivity index (χ1n) is 10.8. The molecular weight excluding hydrogens is 406 g/mol. The summed E-state index contributed by atoms with van der Waals surface area (Å²) in [6, 6.07) is 15.0. The van der Waals surface area contributed by atoms with Crippen LogP contribution >= 0.6 is 0 Å². The monoisotopic (exact) mass is 437 g/mol. The van der Waals surface area contributed by atoms with Gasteiger partial charge in [0.05, 0.1) is 13.1 Å². The van der Waals surface area contributed by atoms with E-state index in [1.54, 1.807) is 0 Å². The Morgan fingerprint density at radius 3 is 2.09 bits per heavy atom. The van der Waals surface area contributed by atoms with Gasteiger partial charge in [-0.15, -0.1) is 0 Å². The molecule has 3 N–H and O–H groups in total. The summed E-state index contributed by atoms with van der Waals surface area (Å²) >= 11 is 0. The fraction of sp³-hybridized carbons (Fsp3) is 0.375. The number of hydrogen-bond donors (Lipinski definition) is 3. The van der Waals surface area contributed by atoms with Crippen molar-refractivity contribution in [1.82, 2.24) is 20.4 Å². The summed E-state index contributed by atoms with van der Waals surface area (Å²) < 4.78 is 0. The maximum atomic E-state index is 12.2. The molecule has 0 aliphatic carbocycles. The van der Waals surface area contributed by atoms with Crippen LogP contribution in [0.25, 0.3) is 0 Å². The van der Waals surface area contributed by atoms with Crippen molar-refractivity contribution in [1.29, 1.82) is 0 Å². The third-order valence-corrected chi connectivity index (χ3v) is 5.41. The van der Waals surface area contributed by atoms with Crippen molar-refractivity contribution in [3.63, 3.8) is 0 Å². The number of urea groups is 1. The number of anilines is 1. The zero-order chi connectivity index (χ0) is 22.9. The number of amides is 4. The molecule has 8 nitrogen and oxygen atoms in total. The molecule has 2 aromatic rings. The molecule has 0 radical (unpaired) electrons. The Labute approximate surface area is 189 Å². The number of carbonyl (C=O) groups excluding carboxylic acids is 3. The van der Waals surface area contributed by atoms with Crippen LogP contribution in [0.1, 0.15) is 16.7 Å². The molecule has 0 saturated carbocycles. The second kappa shape index (κ2) is 11.4. The van der Waals surface area contributed by atoms with E-state index in [9.17, 15) is 14.4 Å². The van der Waals surface area contributed by atoms with Crippen molar-refractivity contribution < 1.29 is 14.4 Å². The number of nitrogens with one attached hydrogen (secondary N) is 3. The third kappa shape index (κ3) is 7.47. The molecule has 32 heavy (non-hydrogen) atoms. The Morgan fingerprint density at radius 1 is 0.844 bits per heavy atom.